The molecule has 0 amide bonds. The fourth-order valence-corrected chi connectivity index (χ4v) is 1.17. The van der Waals surface area contributed by atoms with E-state index in [1.807, 2.05) is 0 Å². The number of carbonyl (C=O) groups is 2. The SMILES string of the molecule is CC(CC(=O)O)/C(=C/CC(=O)O)C(F)(F)F. The quantitative estimate of drug-likeness (QED) is 0.721. The largest absolute Gasteiger partial charge is 0.481 e. The number of alkyl halides is 3. The normalized spacial score (nSPS) is 14.6. The minimum Gasteiger partial charge on any atom is -0.481 e. The highest BCUT2D eigenvalue weighted by atomic mass is 19.4. The highest BCUT2D eigenvalue weighted by molar-refractivity contribution is 5.69. The Bertz CT molecular complexity index is 306. The molecule has 0 aromatic carbocycles. The van der Waals surface area contributed by atoms with Gasteiger partial charge in [-0.25, -0.2) is 0 Å². The Morgan fingerprint density at radius 2 is 1.75 bits per heavy atom. The van der Waals surface area contributed by atoms with E-state index in [0.717, 1.165) is 6.92 Å². The van der Waals surface area contributed by atoms with E-state index in [-0.39, 0.29) is 0 Å². The van der Waals surface area contributed by atoms with Crippen LogP contribution in [0.25, 0.3) is 0 Å². The summed E-state index contributed by atoms with van der Waals surface area (Å²) in [5.74, 6) is -4.03. The fraction of sp³-hybridized carbons (Fsp3) is 0.556. The van der Waals surface area contributed by atoms with Gasteiger partial charge in [0.05, 0.1) is 12.8 Å². The molecule has 7 heteroatoms. The second-order valence-electron chi connectivity index (χ2n) is 3.25. The van der Waals surface area contributed by atoms with Crippen LogP contribution < -0.4 is 0 Å². The van der Waals surface area contributed by atoms with Crippen LogP contribution in [0.5, 0.6) is 0 Å². The first-order valence-corrected chi connectivity index (χ1v) is 4.35. The number of halogens is 3. The smallest absolute Gasteiger partial charge is 0.412 e. The van der Waals surface area contributed by atoms with E-state index in [1.54, 1.807) is 0 Å². The third-order valence-electron chi connectivity index (χ3n) is 1.84. The molecule has 0 saturated carbocycles. The molecule has 4 nitrogen and oxygen atoms in total. The minimum atomic E-state index is -4.70. The molecule has 0 heterocycles. The average Bonchev–Trinajstić information content (AvgIpc) is 1.98. The summed E-state index contributed by atoms with van der Waals surface area (Å²) in [5.41, 5.74) is -1.11. The van der Waals surface area contributed by atoms with Crippen molar-refractivity contribution in [3.63, 3.8) is 0 Å². The second-order valence-corrected chi connectivity index (χ2v) is 3.25. The summed E-state index contributed by atoms with van der Waals surface area (Å²) in [7, 11) is 0. The predicted octanol–water partition coefficient (Wildman–Crippen LogP) is 2.06. The number of allylic oxidation sites excluding steroid dienone is 1. The summed E-state index contributed by atoms with van der Waals surface area (Å²) in [6.45, 7) is 1.09. The summed E-state index contributed by atoms with van der Waals surface area (Å²) >= 11 is 0. The van der Waals surface area contributed by atoms with E-state index in [0.29, 0.717) is 6.08 Å². The van der Waals surface area contributed by atoms with Crippen LogP contribution in [0.4, 0.5) is 13.2 Å². The van der Waals surface area contributed by atoms with Crippen LogP contribution in [-0.4, -0.2) is 28.3 Å². The van der Waals surface area contributed by atoms with Gasteiger partial charge < -0.3 is 10.2 Å². The van der Waals surface area contributed by atoms with E-state index < -0.39 is 42.4 Å². The Labute approximate surface area is 89.4 Å². The van der Waals surface area contributed by atoms with Crippen LogP contribution in [0.3, 0.4) is 0 Å². The standard InChI is InChI=1S/C9H11F3O4/c1-5(4-8(15)16)6(9(10,11)12)2-3-7(13)14/h2,5H,3-4H2,1H3,(H,13,14)(H,15,16)/b6-2-. The maximum atomic E-state index is 12.4. The average molecular weight is 240 g/mol. The maximum Gasteiger partial charge on any atom is 0.412 e. The molecule has 0 saturated heterocycles. The zero-order valence-corrected chi connectivity index (χ0v) is 8.41. The first-order chi connectivity index (χ1) is 7.14. The summed E-state index contributed by atoms with van der Waals surface area (Å²) in [6, 6.07) is 0. The molecule has 0 aliphatic rings. The Balaban J connectivity index is 4.87. The van der Waals surface area contributed by atoms with Crippen LogP contribution in [0, 0.1) is 5.92 Å². The monoisotopic (exact) mass is 240 g/mol. The van der Waals surface area contributed by atoms with Crippen molar-refractivity contribution in [2.45, 2.75) is 25.9 Å². The number of aliphatic carboxylic acids is 2. The molecule has 0 rings (SSSR count). The maximum absolute atomic E-state index is 12.4. The molecule has 0 radical (unpaired) electrons. The van der Waals surface area contributed by atoms with Crippen LogP contribution in [-0.2, 0) is 9.59 Å². The lowest BCUT2D eigenvalue weighted by atomic mass is 9.96. The van der Waals surface area contributed by atoms with Crippen molar-refractivity contribution >= 4 is 11.9 Å². The Morgan fingerprint density at radius 1 is 1.25 bits per heavy atom. The van der Waals surface area contributed by atoms with Gasteiger partial charge >= 0.3 is 18.1 Å². The van der Waals surface area contributed by atoms with Gasteiger partial charge in [0.25, 0.3) is 0 Å². The molecule has 1 unspecified atom stereocenters. The number of hydrogen-bond donors (Lipinski definition) is 2. The lowest BCUT2D eigenvalue weighted by molar-refractivity contribution is -0.138. The molecule has 1 atom stereocenters. The zero-order chi connectivity index (χ0) is 12.9. The van der Waals surface area contributed by atoms with Crippen molar-refractivity contribution in [3.8, 4) is 0 Å². The van der Waals surface area contributed by atoms with Crippen molar-refractivity contribution < 1.29 is 33.0 Å². The third kappa shape index (κ3) is 5.38. The molecular formula is C9H11F3O4. The molecule has 92 valence electrons. The molecule has 0 aromatic rings. The van der Waals surface area contributed by atoms with Crippen molar-refractivity contribution in [1.82, 2.24) is 0 Å². The van der Waals surface area contributed by atoms with Crippen molar-refractivity contribution in [1.29, 1.82) is 0 Å². The molecule has 0 aliphatic carbocycles. The zero-order valence-electron chi connectivity index (χ0n) is 8.41. The summed E-state index contributed by atoms with van der Waals surface area (Å²) in [5, 5.41) is 16.6. The Hall–Kier alpha value is -1.53. The lowest BCUT2D eigenvalue weighted by Crippen LogP contribution is -2.20. The summed E-state index contributed by atoms with van der Waals surface area (Å²) < 4.78 is 37.3. The van der Waals surface area contributed by atoms with Gasteiger partial charge in [0, 0.05) is 5.57 Å². The van der Waals surface area contributed by atoms with Crippen LogP contribution in [0.15, 0.2) is 11.6 Å². The van der Waals surface area contributed by atoms with Crippen LogP contribution >= 0.6 is 0 Å². The van der Waals surface area contributed by atoms with Crippen molar-refractivity contribution in [3.05, 3.63) is 11.6 Å². The van der Waals surface area contributed by atoms with E-state index >= 15 is 0 Å². The van der Waals surface area contributed by atoms with Crippen molar-refractivity contribution in [2.75, 3.05) is 0 Å². The number of carboxylic acids is 2. The Morgan fingerprint density at radius 3 is 2.06 bits per heavy atom. The number of hydrogen-bond acceptors (Lipinski definition) is 2. The topological polar surface area (TPSA) is 74.6 Å². The predicted molar refractivity (Wildman–Crippen MR) is 47.8 cm³/mol. The fourth-order valence-electron chi connectivity index (χ4n) is 1.17. The number of carboxylic acid groups (broad SMARTS) is 2. The van der Waals surface area contributed by atoms with E-state index in [2.05, 4.69) is 0 Å². The molecule has 0 bridgehead atoms. The molecular weight excluding hydrogens is 229 g/mol. The summed E-state index contributed by atoms with van der Waals surface area (Å²) in [6.07, 6.45) is -5.66. The molecule has 2 N–H and O–H groups in total. The van der Waals surface area contributed by atoms with Gasteiger partial charge in [-0.05, 0) is 5.92 Å². The first-order valence-electron chi connectivity index (χ1n) is 4.35. The Kier molecular flexibility index (Phi) is 5.00. The second kappa shape index (κ2) is 5.53. The van der Waals surface area contributed by atoms with Gasteiger partial charge in [-0.2, -0.15) is 13.2 Å². The molecule has 0 spiro atoms. The summed E-state index contributed by atoms with van der Waals surface area (Å²) in [4.78, 5) is 20.4. The van der Waals surface area contributed by atoms with Gasteiger partial charge in [-0.15, -0.1) is 0 Å². The lowest BCUT2D eigenvalue weighted by Gasteiger charge is -2.17. The van der Waals surface area contributed by atoms with E-state index in [9.17, 15) is 22.8 Å². The highest BCUT2D eigenvalue weighted by Gasteiger charge is 2.37. The van der Waals surface area contributed by atoms with Gasteiger partial charge in [0.15, 0.2) is 0 Å². The van der Waals surface area contributed by atoms with Crippen LogP contribution in [0.1, 0.15) is 19.8 Å². The highest BCUT2D eigenvalue weighted by Crippen LogP contribution is 2.33. The molecule has 0 fully saturated rings. The molecule has 16 heavy (non-hydrogen) atoms. The van der Waals surface area contributed by atoms with Crippen LogP contribution in [0.2, 0.25) is 0 Å². The van der Waals surface area contributed by atoms with Gasteiger partial charge in [-0.3, -0.25) is 9.59 Å². The van der Waals surface area contributed by atoms with E-state index in [4.69, 9.17) is 10.2 Å². The molecule has 0 aliphatic heterocycles. The first kappa shape index (κ1) is 14.5. The van der Waals surface area contributed by atoms with E-state index in [1.165, 1.54) is 0 Å². The van der Waals surface area contributed by atoms with Gasteiger partial charge in [0.2, 0.25) is 0 Å². The van der Waals surface area contributed by atoms with Crippen molar-refractivity contribution in [2.24, 2.45) is 5.92 Å². The van der Waals surface area contributed by atoms with Gasteiger partial charge in [0.1, 0.15) is 0 Å². The number of rotatable bonds is 5. The third-order valence-corrected chi connectivity index (χ3v) is 1.84. The minimum absolute atomic E-state index is 0.510. The molecule has 0 aromatic heterocycles. The van der Waals surface area contributed by atoms with Gasteiger partial charge in [-0.1, -0.05) is 13.0 Å².